The van der Waals surface area contributed by atoms with Crippen LogP contribution >= 0.6 is 0 Å². The van der Waals surface area contributed by atoms with Crippen LogP contribution < -0.4 is 5.43 Å². The number of nitro benzene ring substituents is 2. The zero-order chi connectivity index (χ0) is 18.7. The molecule has 2 aromatic carbocycles. The van der Waals surface area contributed by atoms with Crippen LogP contribution in [0.5, 0.6) is 0 Å². The second-order valence-corrected chi connectivity index (χ2v) is 5.14. The molecule has 0 unspecified atom stereocenters. The summed E-state index contributed by atoms with van der Waals surface area (Å²) in [6.07, 6.45) is 1.25. The summed E-state index contributed by atoms with van der Waals surface area (Å²) in [7, 11) is 0. The molecule has 1 heterocycles. The zero-order valence-electron chi connectivity index (χ0n) is 13.0. The van der Waals surface area contributed by atoms with Crippen molar-refractivity contribution < 1.29 is 19.1 Å². The van der Waals surface area contributed by atoms with E-state index < -0.39 is 15.8 Å². The molecule has 10 nitrogen and oxygen atoms in total. The molecule has 1 N–H and O–H groups in total. The van der Waals surface area contributed by atoms with Gasteiger partial charge in [0, 0.05) is 35.2 Å². The van der Waals surface area contributed by atoms with Crippen LogP contribution in [0, 0.1) is 20.2 Å². The molecular weight excluding hydrogens is 344 g/mol. The van der Waals surface area contributed by atoms with Crippen LogP contribution in [-0.2, 0) is 0 Å². The Labute approximate surface area is 145 Å². The molecule has 0 fully saturated rings. The van der Waals surface area contributed by atoms with Gasteiger partial charge in [0.15, 0.2) is 5.76 Å². The molecule has 0 aliphatic heterocycles. The number of carbonyl (C=O) groups is 1. The highest BCUT2D eigenvalue weighted by molar-refractivity contribution is 5.97. The van der Waals surface area contributed by atoms with Crippen LogP contribution in [0.3, 0.4) is 0 Å². The maximum absolute atomic E-state index is 12.0. The van der Waals surface area contributed by atoms with Crippen molar-refractivity contribution in [2.75, 3.05) is 0 Å². The van der Waals surface area contributed by atoms with Crippen molar-refractivity contribution in [3.63, 3.8) is 0 Å². The fourth-order valence-electron chi connectivity index (χ4n) is 2.20. The van der Waals surface area contributed by atoms with Crippen LogP contribution in [0.15, 0.2) is 58.0 Å². The molecule has 26 heavy (non-hydrogen) atoms. The van der Waals surface area contributed by atoms with E-state index in [0.29, 0.717) is 16.5 Å². The maximum Gasteiger partial charge on any atom is 0.307 e. The number of hydrogen-bond donors (Lipinski definition) is 1. The number of nitro groups is 2. The molecule has 0 aliphatic carbocycles. The first kappa shape index (κ1) is 16.8. The number of rotatable bonds is 5. The first-order valence-electron chi connectivity index (χ1n) is 7.20. The predicted molar refractivity (Wildman–Crippen MR) is 91.0 cm³/mol. The Morgan fingerprint density at radius 3 is 2.50 bits per heavy atom. The Balaban J connectivity index is 1.73. The summed E-state index contributed by atoms with van der Waals surface area (Å²) in [4.78, 5) is 32.4. The van der Waals surface area contributed by atoms with Gasteiger partial charge in [-0.05, 0) is 12.1 Å². The van der Waals surface area contributed by atoms with Gasteiger partial charge in [0.2, 0.25) is 0 Å². The molecule has 0 atom stereocenters. The molecule has 3 aromatic rings. The Hall–Kier alpha value is -4.08. The molecule has 130 valence electrons. The Bertz CT molecular complexity index is 1060. The van der Waals surface area contributed by atoms with Gasteiger partial charge in [-0.2, -0.15) is 5.10 Å². The number of nitrogens with one attached hydrogen (secondary N) is 1. The lowest BCUT2D eigenvalue weighted by atomic mass is 10.2. The molecule has 10 heteroatoms. The molecule has 0 radical (unpaired) electrons. The minimum absolute atomic E-state index is 0.0725. The van der Waals surface area contributed by atoms with Crippen molar-refractivity contribution in [3.05, 3.63) is 80.1 Å². The summed E-state index contributed by atoms with van der Waals surface area (Å²) in [5, 5.41) is 25.6. The summed E-state index contributed by atoms with van der Waals surface area (Å²) in [5.41, 5.74) is 2.77. The first-order valence-corrected chi connectivity index (χ1v) is 7.20. The number of hydrogen-bond acceptors (Lipinski definition) is 7. The van der Waals surface area contributed by atoms with E-state index in [2.05, 4.69) is 10.5 Å². The molecule has 0 bridgehead atoms. The van der Waals surface area contributed by atoms with E-state index in [-0.39, 0.29) is 17.1 Å². The van der Waals surface area contributed by atoms with E-state index in [1.165, 1.54) is 48.7 Å². The third-order valence-corrected chi connectivity index (χ3v) is 3.40. The number of benzene rings is 2. The van der Waals surface area contributed by atoms with Crippen LogP contribution in [0.2, 0.25) is 0 Å². The molecule has 3 rings (SSSR count). The van der Waals surface area contributed by atoms with Gasteiger partial charge in [-0.1, -0.05) is 12.1 Å². The lowest BCUT2D eigenvalue weighted by molar-refractivity contribution is -0.385. The second kappa shape index (κ2) is 6.81. The Morgan fingerprint density at radius 2 is 1.77 bits per heavy atom. The van der Waals surface area contributed by atoms with Crippen molar-refractivity contribution in [3.8, 4) is 0 Å². The molecule has 1 amide bonds. The predicted octanol–water partition coefficient (Wildman–Crippen LogP) is 3.01. The van der Waals surface area contributed by atoms with Crippen molar-refractivity contribution >= 4 is 34.5 Å². The first-order chi connectivity index (χ1) is 12.4. The molecule has 0 spiro atoms. The van der Waals surface area contributed by atoms with Gasteiger partial charge >= 0.3 is 5.91 Å². The van der Waals surface area contributed by atoms with Gasteiger partial charge in [-0.15, -0.1) is 0 Å². The van der Waals surface area contributed by atoms with Crippen molar-refractivity contribution in [1.29, 1.82) is 0 Å². The molecule has 0 saturated heterocycles. The van der Waals surface area contributed by atoms with E-state index in [1.807, 2.05) is 0 Å². The standard InChI is InChI=1S/C16H10N4O6/c21-16(18-17-9-10-2-1-3-12(6-10)19(22)23)15-8-11-7-13(20(24)25)4-5-14(11)26-15/h1-9H,(H,18,21)/b17-9-. The minimum Gasteiger partial charge on any atom is -0.451 e. The van der Waals surface area contributed by atoms with Gasteiger partial charge in [0.25, 0.3) is 11.4 Å². The highest BCUT2D eigenvalue weighted by atomic mass is 16.6. The number of nitrogens with zero attached hydrogens (tertiary/aromatic N) is 3. The number of non-ortho nitro benzene ring substituents is 2. The van der Waals surface area contributed by atoms with Crippen molar-refractivity contribution in [2.24, 2.45) is 5.10 Å². The third kappa shape index (κ3) is 3.53. The molecule has 0 saturated carbocycles. The van der Waals surface area contributed by atoms with E-state index in [0.717, 1.165) is 0 Å². The van der Waals surface area contributed by atoms with Gasteiger partial charge in [-0.3, -0.25) is 25.0 Å². The van der Waals surface area contributed by atoms with Gasteiger partial charge in [0.05, 0.1) is 16.1 Å². The molecule has 0 aliphatic rings. The quantitative estimate of drug-likeness (QED) is 0.424. The van der Waals surface area contributed by atoms with Crippen LogP contribution in [0.25, 0.3) is 11.0 Å². The molecule has 1 aromatic heterocycles. The van der Waals surface area contributed by atoms with Crippen LogP contribution in [-0.4, -0.2) is 22.0 Å². The SMILES string of the molecule is O=C(N/N=C\c1cccc([N+](=O)[O-])c1)c1cc2cc([N+](=O)[O-])ccc2o1. The number of fused-ring (bicyclic) bond motifs is 1. The zero-order valence-corrected chi connectivity index (χ0v) is 13.0. The minimum atomic E-state index is -0.662. The summed E-state index contributed by atoms with van der Waals surface area (Å²) < 4.78 is 5.32. The van der Waals surface area contributed by atoms with Crippen LogP contribution in [0.4, 0.5) is 11.4 Å². The van der Waals surface area contributed by atoms with Gasteiger partial charge in [0.1, 0.15) is 5.58 Å². The van der Waals surface area contributed by atoms with Gasteiger partial charge < -0.3 is 4.42 Å². The lowest BCUT2D eigenvalue weighted by Gasteiger charge is -1.96. The number of amides is 1. The summed E-state index contributed by atoms with van der Waals surface area (Å²) >= 11 is 0. The highest BCUT2D eigenvalue weighted by Gasteiger charge is 2.14. The second-order valence-electron chi connectivity index (χ2n) is 5.14. The summed E-state index contributed by atoms with van der Waals surface area (Å²) in [6.45, 7) is 0. The van der Waals surface area contributed by atoms with E-state index >= 15 is 0 Å². The average molecular weight is 354 g/mol. The maximum atomic E-state index is 12.0. The monoisotopic (exact) mass is 354 g/mol. The van der Waals surface area contributed by atoms with E-state index in [9.17, 15) is 25.0 Å². The summed E-state index contributed by atoms with van der Waals surface area (Å²) in [6, 6.07) is 11.0. The van der Waals surface area contributed by atoms with Crippen molar-refractivity contribution in [1.82, 2.24) is 5.43 Å². The topological polar surface area (TPSA) is 141 Å². The number of carbonyl (C=O) groups excluding carboxylic acids is 1. The van der Waals surface area contributed by atoms with Gasteiger partial charge in [-0.25, -0.2) is 5.43 Å². The fourth-order valence-corrected chi connectivity index (χ4v) is 2.20. The number of furan rings is 1. The average Bonchev–Trinajstić information content (AvgIpc) is 3.05. The van der Waals surface area contributed by atoms with E-state index in [4.69, 9.17) is 4.42 Å². The van der Waals surface area contributed by atoms with E-state index in [1.54, 1.807) is 6.07 Å². The summed E-state index contributed by atoms with van der Waals surface area (Å²) in [5.74, 6) is -0.734. The highest BCUT2D eigenvalue weighted by Crippen LogP contribution is 2.24. The lowest BCUT2D eigenvalue weighted by Crippen LogP contribution is -2.16. The van der Waals surface area contributed by atoms with Crippen LogP contribution in [0.1, 0.15) is 16.1 Å². The fraction of sp³-hybridized carbons (Fsp3) is 0. The number of hydrazone groups is 1. The Kier molecular flexibility index (Phi) is 4.39. The Morgan fingerprint density at radius 1 is 1.04 bits per heavy atom. The smallest absolute Gasteiger partial charge is 0.307 e. The molecular formula is C16H10N4O6. The largest absolute Gasteiger partial charge is 0.451 e. The third-order valence-electron chi connectivity index (χ3n) is 3.40. The van der Waals surface area contributed by atoms with Crippen molar-refractivity contribution in [2.45, 2.75) is 0 Å². The normalized spacial score (nSPS) is 10.9.